The second-order valence-electron chi connectivity index (χ2n) is 6.95. The number of benzene rings is 2. The molecule has 0 amide bonds. The number of ether oxygens (including phenoxy) is 2. The van der Waals surface area contributed by atoms with Crippen molar-refractivity contribution in [3.05, 3.63) is 76.5 Å². The Kier molecular flexibility index (Phi) is 5.48. The van der Waals surface area contributed by atoms with Gasteiger partial charge in [0.25, 0.3) is 0 Å². The molecule has 1 unspecified atom stereocenters. The second kappa shape index (κ2) is 8.39. The summed E-state index contributed by atoms with van der Waals surface area (Å²) >= 11 is 0. The summed E-state index contributed by atoms with van der Waals surface area (Å²) in [6.07, 6.45) is 0. The van der Waals surface area contributed by atoms with Crippen molar-refractivity contribution >= 4 is 17.7 Å². The van der Waals surface area contributed by atoms with E-state index in [4.69, 9.17) is 9.47 Å². The van der Waals surface area contributed by atoms with Gasteiger partial charge in [0.2, 0.25) is 5.95 Å². The maximum absolute atomic E-state index is 13.6. The molecule has 1 N–H and O–H groups in total. The monoisotopic (exact) mass is 419 g/mol. The summed E-state index contributed by atoms with van der Waals surface area (Å²) in [6.45, 7) is 4.37. The third-order valence-electron chi connectivity index (χ3n) is 4.97. The molecule has 1 aromatic heterocycles. The number of carbonyl (C=O) groups is 2. The average molecular weight is 419 g/mol. The number of ketones is 1. The fraction of sp³-hybridized carbons (Fsp3) is 0.227. The van der Waals surface area contributed by atoms with Gasteiger partial charge in [0.15, 0.2) is 5.78 Å². The number of fused-ring (bicyclic) bond motifs is 1. The fourth-order valence-electron chi connectivity index (χ4n) is 3.47. The van der Waals surface area contributed by atoms with Gasteiger partial charge >= 0.3 is 5.97 Å². The maximum atomic E-state index is 13.6. The zero-order chi connectivity index (χ0) is 22.0. The van der Waals surface area contributed by atoms with Gasteiger partial charge in [-0.15, -0.1) is 0 Å². The van der Waals surface area contributed by atoms with E-state index in [9.17, 15) is 9.59 Å². The van der Waals surface area contributed by atoms with Crippen LogP contribution in [0.2, 0.25) is 0 Å². The lowest BCUT2D eigenvalue weighted by Crippen LogP contribution is -2.32. The van der Waals surface area contributed by atoms with E-state index in [1.807, 2.05) is 38.1 Å². The lowest BCUT2D eigenvalue weighted by molar-refractivity contribution is -0.136. The zero-order valence-corrected chi connectivity index (χ0v) is 17.3. The highest BCUT2D eigenvalue weighted by Gasteiger charge is 2.38. The molecule has 0 saturated carbocycles. The number of rotatable bonds is 6. The van der Waals surface area contributed by atoms with Gasteiger partial charge in [0.05, 0.1) is 19.3 Å². The molecule has 1 aliphatic rings. The molecular weight excluding hydrogens is 398 g/mol. The number of Topliss-reactive ketones (excluding diaryl/α,β-unsaturated/α-hetero) is 1. The molecule has 0 aliphatic carbocycles. The second-order valence-corrected chi connectivity index (χ2v) is 6.95. The van der Waals surface area contributed by atoms with Crippen molar-refractivity contribution in [1.29, 1.82) is 0 Å². The molecule has 1 aliphatic heterocycles. The predicted octanol–water partition coefficient (Wildman–Crippen LogP) is 2.71. The highest BCUT2D eigenvalue weighted by Crippen LogP contribution is 2.37. The maximum Gasteiger partial charge on any atom is 0.355 e. The van der Waals surface area contributed by atoms with E-state index in [0.29, 0.717) is 17.9 Å². The summed E-state index contributed by atoms with van der Waals surface area (Å²) in [6, 6.07) is 13.7. The number of hydrogen-bond acceptors (Lipinski definition) is 8. The highest BCUT2D eigenvalue weighted by atomic mass is 16.5. The number of allylic oxidation sites excluding steroid dienone is 1. The van der Waals surface area contributed by atoms with Crippen molar-refractivity contribution in [2.45, 2.75) is 19.9 Å². The number of hydrogen-bond donors (Lipinski definition) is 1. The summed E-state index contributed by atoms with van der Waals surface area (Å²) in [4.78, 5) is 26.2. The molecule has 0 saturated heterocycles. The van der Waals surface area contributed by atoms with Crippen molar-refractivity contribution in [1.82, 2.24) is 20.2 Å². The van der Waals surface area contributed by atoms with Crippen molar-refractivity contribution in [3.8, 4) is 5.75 Å². The fourth-order valence-corrected chi connectivity index (χ4v) is 3.47. The van der Waals surface area contributed by atoms with Crippen LogP contribution in [-0.4, -0.2) is 45.7 Å². The van der Waals surface area contributed by atoms with Crippen LogP contribution >= 0.6 is 0 Å². The van der Waals surface area contributed by atoms with E-state index in [0.717, 1.165) is 11.1 Å². The van der Waals surface area contributed by atoms with E-state index in [1.165, 1.54) is 11.8 Å². The Morgan fingerprint density at radius 2 is 1.81 bits per heavy atom. The van der Waals surface area contributed by atoms with Crippen LogP contribution in [0.4, 0.5) is 5.95 Å². The molecule has 0 radical (unpaired) electrons. The number of nitrogens with zero attached hydrogens (tertiary/aromatic N) is 4. The topological polar surface area (TPSA) is 108 Å². The Hall–Kier alpha value is -4.01. The average Bonchev–Trinajstić information content (AvgIpc) is 3.26. The molecule has 2 aromatic carbocycles. The molecule has 1 atom stereocenters. The van der Waals surface area contributed by atoms with Crippen LogP contribution in [0, 0.1) is 6.92 Å². The minimum Gasteiger partial charge on any atom is -0.494 e. The van der Waals surface area contributed by atoms with Crippen LogP contribution in [0.1, 0.15) is 34.5 Å². The largest absolute Gasteiger partial charge is 0.494 e. The van der Waals surface area contributed by atoms with E-state index in [-0.39, 0.29) is 23.0 Å². The minimum absolute atomic E-state index is 0.00857. The van der Waals surface area contributed by atoms with Crippen molar-refractivity contribution in [3.63, 3.8) is 0 Å². The summed E-state index contributed by atoms with van der Waals surface area (Å²) < 4.78 is 11.9. The van der Waals surface area contributed by atoms with Gasteiger partial charge in [-0.05, 0) is 42.0 Å². The molecule has 0 bridgehead atoms. The number of nitrogens with one attached hydrogen (secondary N) is 1. The lowest BCUT2D eigenvalue weighted by atomic mass is 9.89. The lowest BCUT2D eigenvalue weighted by Gasteiger charge is -2.28. The molecule has 4 rings (SSSR count). The molecule has 31 heavy (non-hydrogen) atoms. The summed E-state index contributed by atoms with van der Waals surface area (Å²) in [5, 5.41) is 14.6. The Morgan fingerprint density at radius 1 is 1.10 bits per heavy atom. The minimum atomic E-state index is -0.732. The van der Waals surface area contributed by atoms with Crippen LogP contribution in [-0.2, 0) is 9.53 Å². The smallest absolute Gasteiger partial charge is 0.355 e. The van der Waals surface area contributed by atoms with Gasteiger partial charge in [-0.1, -0.05) is 47.1 Å². The third-order valence-corrected chi connectivity index (χ3v) is 4.97. The Balaban J connectivity index is 1.89. The Labute approximate surface area is 178 Å². The van der Waals surface area contributed by atoms with Crippen LogP contribution in [0.5, 0.6) is 5.75 Å². The van der Waals surface area contributed by atoms with Gasteiger partial charge in [-0.3, -0.25) is 4.79 Å². The summed E-state index contributed by atoms with van der Waals surface area (Å²) in [7, 11) is 1.26. The first-order valence-electron chi connectivity index (χ1n) is 9.75. The first-order chi connectivity index (χ1) is 15.0. The molecule has 9 nitrogen and oxygen atoms in total. The van der Waals surface area contributed by atoms with E-state index < -0.39 is 12.0 Å². The predicted molar refractivity (Wildman–Crippen MR) is 112 cm³/mol. The number of aryl methyl sites for hydroxylation is 1. The van der Waals surface area contributed by atoms with Crippen LogP contribution < -0.4 is 10.1 Å². The molecule has 9 heteroatoms. The first kappa shape index (κ1) is 20.3. The van der Waals surface area contributed by atoms with E-state index >= 15 is 0 Å². The standard InChI is InChI=1S/C22H21N5O4/c1-4-31-16-11-9-14(10-12-16)19-17(20(28)15-7-5-13(2)6-8-15)18(21(29)30-3)23-22-24-25-26-27(19)22/h5-12,19H,4H2,1-3H3,(H,23,24,26). The van der Waals surface area contributed by atoms with E-state index in [1.54, 1.807) is 24.3 Å². The van der Waals surface area contributed by atoms with Crippen molar-refractivity contribution in [2.75, 3.05) is 19.0 Å². The number of methoxy groups -OCH3 is 1. The molecule has 0 fully saturated rings. The highest BCUT2D eigenvalue weighted by molar-refractivity contribution is 6.14. The summed E-state index contributed by atoms with van der Waals surface area (Å²) in [5.41, 5.74) is 2.38. The normalized spacial score (nSPS) is 15.1. The SMILES string of the molecule is CCOc1ccc(C2C(C(=O)c3ccc(C)cc3)=C(C(=O)OC)Nc3nnnn32)cc1. The van der Waals surface area contributed by atoms with Crippen LogP contribution in [0.3, 0.4) is 0 Å². The number of esters is 1. The molecule has 0 spiro atoms. The van der Waals surface area contributed by atoms with Gasteiger partial charge in [0.1, 0.15) is 17.5 Å². The van der Waals surface area contributed by atoms with Gasteiger partial charge < -0.3 is 14.8 Å². The van der Waals surface area contributed by atoms with Gasteiger partial charge in [-0.2, -0.15) is 4.68 Å². The van der Waals surface area contributed by atoms with Crippen LogP contribution in [0.15, 0.2) is 59.8 Å². The Bertz CT molecular complexity index is 1150. The number of carbonyl (C=O) groups excluding carboxylic acids is 2. The number of anilines is 1. The molecule has 3 aromatic rings. The van der Waals surface area contributed by atoms with Gasteiger partial charge in [0, 0.05) is 5.56 Å². The Morgan fingerprint density at radius 3 is 2.45 bits per heavy atom. The number of tetrazole rings is 1. The molecule has 158 valence electrons. The summed E-state index contributed by atoms with van der Waals surface area (Å²) in [5.74, 6) is -0.0750. The zero-order valence-electron chi connectivity index (χ0n) is 17.3. The van der Waals surface area contributed by atoms with Crippen molar-refractivity contribution in [2.24, 2.45) is 0 Å². The first-order valence-corrected chi connectivity index (χ1v) is 9.75. The van der Waals surface area contributed by atoms with Gasteiger partial charge in [-0.25, -0.2) is 4.79 Å². The quantitative estimate of drug-likeness (QED) is 0.480. The van der Waals surface area contributed by atoms with Crippen LogP contribution in [0.25, 0.3) is 0 Å². The van der Waals surface area contributed by atoms with Crippen molar-refractivity contribution < 1.29 is 19.1 Å². The third kappa shape index (κ3) is 3.77. The molecular formula is C22H21N5O4. The number of aromatic nitrogens is 4. The van der Waals surface area contributed by atoms with E-state index in [2.05, 4.69) is 20.8 Å². The molecule has 2 heterocycles.